The first kappa shape index (κ1) is 11.6. The zero-order chi connectivity index (χ0) is 14.2. The molecule has 0 amide bonds. The SMILES string of the molecule is OC12C3C4CC5C6C4C1C6C(C53)N2CCCc1ccccc1. The summed E-state index contributed by atoms with van der Waals surface area (Å²) < 4.78 is 0. The van der Waals surface area contributed by atoms with E-state index in [1.54, 1.807) is 0 Å². The lowest BCUT2D eigenvalue weighted by Gasteiger charge is -2.45. The molecule has 2 heterocycles. The smallest absolute Gasteiger partial charge is 0.125 e. The number of benzene rings is 1. The summed E-state index contributed by atoms with van der Waals surface area (Å²) in [6, 6.07) is 11.6. The minimum absolute atomic E-state index is 0.367. The van der Waals surface area contributed by atoms with Gasteiger partial charge in [0.15, 0.2) is 0 Å². The van der Waals surface area contributed by atoms with Gasteiger partial charge in [-0.05, 0) is 60.3 Å². The summed E-state index contributed by atoms with van der Waals surface area (Å²) >= 11 is 0. The maximum Gasteiger partial charge on any atom is 0.125 e. The Bertz CT molecular complexity index is 674. The highest BCUT2D eigenvalue weighted by molar-refractivity contribution is 5.40. The van der Waals surface area contributed by atoms with Crippen molar-refractivity contribution >= 4 is 0 Å². The van der Waals surface area contributed by atoms with Crippen LogP contribution < -0.4 is 0 Å². The van der Waals surface area contributed by atoms with E-state index >= 15 is 0 Å². The molecule has 10 atom stereocenters. The van der Waals surface area contributed by atoms with Gasteiger partial charge in [-0.1, -0.05) is 30.3 Å². The van der Waals surface area contributed by atoms with Gasteiger partial charge in [0, 0.05) is 24.4 Å². The van der Waals surface area contributed by atoms with E-state index in [0.29, 0.717) is 11.8 Å². The number of aryl methyl sites for hydroxylation is 1. The van der Waals surface area contributed by atoms with Crippen molar-refractivity contribution in [1.82, 2.24) is 4.90 Å². The van der Waals surface area contributed by atoms with Crippen molar-refractivity contribution < 1.29 is 5.11 Å². The molecular formula is C20H23NO. The maximum absolute atomic E-state index is 11.6. The Hall–Kier alpha value is -0.860. The molecule has 2 saturated heterocycles. The Morgan fingerprint density at radius 1 is 1.00 bits per heavy atom. The fourth-order valence-corrected chi connectivity index (χ4v) is 8.96. The molecule has 0 radical (unpaired) electrons. The lowest BCUT2D eigenvalue weighted by Crippen LogP contribution is -2.51. The normalized spacial score (nSPS) is 60.9. The Balaban J connectivity index is 1.18. The molecule has 5 aliphatic carbocycles. The average Bonchev–Trinajstić information content (AvgIpc) is 3.14. The lowest BCUT2D eigenvalue weighted by molar-refractivity contribution is -0.131. The molecule has 7 fully saturated rings. The Morgan fingerprint density at radius 2 is 1.86 bits per heavy atom. The molecule has 1 aromatic carbocycles. The third-order valence-electron chi connectivity index (χ3n) is 8.92. The van der Waals surface area contributed by atoms with E-state index in [2.05, 4.69) is 35.2 Å². The summed E-state index contributed by atoms with van der Waals surface area (Å²) in [5.41, 5.74) is 1.08. The summed E-state index contributed by atoms with van der Waals surface area (Å²) in [6.07, 6.45) is 3.84. The molecule has 8 rings (SSSR count). The van der Waals surface area contributed by atoms with Crippen molar-refractivity contribution in [1.29, 1.82) is 0 Å². The van der Waals surface area contributed by atoms with Gasteiger partial charge in [-0.15, -0.1) is 0 Å². The van der Waals surface area contributed by atoms with Gasteiger partial charge in [0.25, 0.3) is 0 Å². The lowest BCUT2D eigenvalue weighted by atomic mass is 9.59. The Morgan fingerprint density at radius 3 is 2.73 bits per heavy atom. The zero-order valence-corrected chi connectivity index (χ0v) is 12.8. The molecule has 2 aliphatic heterocycles. The van der Waals surface area contributed by atoms with Crippen LogP contribution >= 0.6 is 0 Å². The molecule has 0 spiro atoms. The summed E-state index contributed by atoms with van der Waals surface area (Å²) in [5, 5.41) is 11.6. The van der Waals surface area contributed by atoms with Crippen LogP contribution in [0.1, 0.15) is 18.4 Å². The van der Waals surface area contributed by atoms with Crippen molar-refractivity contribution in [3.63, 3.8) is 0 Å². The van der Waals surface area contributed by atoms with Gasteiger partial charge in [-0.3, -0.25) is 4.90 Å². The van der Waals surface area contributed by atoms with Crippen LogP contribution in [0.25, 0.3) is 0 Å². The molecule has 7 aliphatic rings. The van der Waals surface area contributed by atoms with Crippen LogP contribution in [0, 0.1) is 47.3 Å². The first-order valence-corrected chi connectivity index (χ1v) is 9.35. The minimum atomic E-state index is -0.367. The molecular weight excluding hydrogens is 270 g/mol. The topological polar surface area (TPSA) is 23.5 Å². The van der Waals surface area contributed by atoms with Crippen LogP contribution in [0.5, 0.6) is 0 Å². The first-order chi connectivity index (χ1) is 10.8. The second kappa shape index (κ2) is 3.32. The summed E-state index contributed by atoms with van der Waals surface area (Å²) in [4.78, 5) is 2.62. The highest BCUT2D eigenvalue weighted by Crippen LogP contribution is 2.90. The van der Waals surface area contributed by atoms with Crippen LogP contribution in [0.2, 0.25) is 0 Å². The van der Waals surface area contributed by atoms with E-state index in [1.807, 2.05) is 0 Å². The third kappa shape index (κ3) is 0.911. The van der Waals surface area contributed by atoms with Crippen molar-refractivity contribution in [2.75, 3.05) is 6.54 Å². The maximum atomic E-state index is 11.6. The van der Waals surface area contributed by atoms with Crippen molar-refractivity contribution in [3.8, 4) is 0 Å². The fourth-order valence-electron chi connectivity index (χ4n) is 8.96. The van der Waals surface area contributed by atoms with Gasteiger partial charge in [0.1, 0.15) is 5.72 Å². The monoisotopic (exact) mass is 293 g/mol. The molecule has 4 bridgehead atoms. The molecule has 22 heavy (non-hydrogen) atoms. The molecule has 10 unspecified atom stereocenters. The van der Waals surface area contributed by atoms with Crippen LogP contribution in [-0.4, -0.2) is 28.3 Å². The van der Waals surface area contributed by atoms with Gasteiger partial charge >= 0.3 is 0 Å². The van der Waals surface area contributed by atoms with E-state index in [9.17, 15) is 5.11 Å². The van der Waals surface area contributed by atoms with E-state index in [4.69, 9.17) is 0 Å². The van der Waals surface area contributed by atoms with Crippen LogP contribution in [-0.2, 0) is 6.42 Å². The summed E-state index contributed by atoms with van der Waals surface area (Å²) in [5.74, 6) is 7.03. The molecule has 0 aromatic heterocycles. The van der Waals surface area contributed by atoms with E-state index < -0.39 is 0 Å². The summed E-state index contributed by atoms with van der Waals surface area (Å²) in [6.45, 7) is 1.12. The van der Waals surface area contributed by atoms with Crippen molar-refractivity contribution in [3.05, 3.63) is 35.9 Å². The summed E-state index contributed by atoms with van der Waals surface area (Å²) in [7, 11) is 0. The van der Waals surface area contributed by atoms with Crippen LogP contribution in [0.4, 0.5) is 0 Å². The molecule has 2 heteroatoms. The molecule has 114 valence electrons. The average molecular weight is 293 g/mol. The minimum Gasteiger partial charge on any atom is -0.375 e. The largest absolute Gasteiger partial charge is 0.375 e. The molecule has 1 N–H and O–H groups in total. The van der Waals surface area contributed by atoms with Crippen molar-refractivity contribution in [2.24, 2.45) is 47.3 Å². The first-order valence-electron chi connectivity index (χ1n) is 9.35. The number of hydrogen-bond acceptors (Lipinski definition) is 2. The molecule has 5 saturated carbocycles. The number of aliphatic hydroxyl groups is 1. The van der Waals surface area contributed by atoms with Gasteiger partial charge in [-0.25, -0.2) is 0 Å². The highest BCUT2D eigenvalue weighted by atomic mass is 16.3. The van der Waals surface area contributed by atoms with Crippen LogP contribution in [0.3, 0.4) is 0 Å². The van der Waals surface area contributed by atoms with E-state index in [0.717, 1.165) is 54.5 Å². The van der Waals surface area contributed by atoms with Crippen LogP contribution in [0.15, 0.2) is 30.3 Å². The quantitative estimate of drug-likeness (QED) is 0.921. The Labute approximate surface area is 131 Å². The predicted octanol–water partition coefficient (Wildman–Crippen LogP) is 2.38. The predicted molar refractivity (Wildman–Crippen MR) is 82.7 cm³/mol. The second-order valence-electron chi connectivity index (χ2n) is 8.98. The number of nitrogens with zero attached hydrogens (tertiary/aromatic N) is 1. The van der Waals surface area contributed by atoms with Gasteiger partial charge in [-0.2, -0.15) is 0 Å². The fraction of sp³-hybridized carbons (Fsp3) is 0.700. The zero-order valence-electron chi connectivity index (χ0n) is 12.8. The van der Waals surface area contributed by atoms with Crippen molar-refractivity contribution in [2.45, 2.75) is 31.0 Å². The van der Waals surface area contributed by atoms with E-state index in [1.165, 1.54) is 18.4 Å². The third-order valence-corrected chi connectivity index (χ3v) is 8.92. The molecule has 2 nitrogen and oxygen atoms in total. The van der Waals surface area contributed by atoms with Gasteiger partial charge in [0.2, 0.25) is 0 Å². The number of hydrogen-bond donors (Lipinski definition) is 1. The van der Waals surface area contributed by atoms with E-state index in [-0.39, 0.29) is 5.72 Å². The second-order valence-corrected chi connectivity index (χ2v) is 8.98. The molecule has 1 aromatic rings. The highest BCUT2D eigenvalue weighted by Gasteiger charge is 2.93. The standard InChI is InChI=1S/C20H23NO/c22-20-17-12-9-11-13-14(12)18(20)16(13)19(15(11)17)21(20)8-4-7-10-5-2-1-3-6-10/h1-3,5-6,11-19,22H,4,7-9H2. The van der Waals surface area contributed by atoms with Gasteiger partial charge < -0.3 is 5.11 Å². The van der Waals surface area contributed by atoms with Gasteiger partial charge in [0.05, 0.1) is 0 Å². The number of rotatable bonds is 4. The Kier molecular flexibility index (Phi) is 1.76.